The molecule has 1 aliphatic carbocycles. The summed E-state index contributed by atoms with van der Waals surface area (Å²) in [5, 5.41) is 5.66. The molecule has 0 aliphatic heterocycles. The van der Waals surface area contributed by atoms with Crippen molar-refractivity contribution >= 4 is 28.2 Å². The van der Waals surface area contributed by atoms with Crippen LogP contribution in [0.1, 0.15) is 38.7 Å². The SMILES string of the molecule is Cc1cccc(-n2[nH]c3ncc4c(c3c2=O)C[C@@H](c2cccs2)CC4=O)c1. The van der Waals surface area contributed by atoms with Crippen molar-refractivity contribution in [3.8, 4) is 5.69 Å². The van der Waals surface area contributed by atoms with Gasteiger partial charge in [-0.15, -0.1) is 11.3 Å². The van der Waals surface area contributed by atoms with Crippen molar-refractivity contribution in [2.24, 2.45) is 0 Å². The molecule has 1 aliphatic rings. The lowest BCUT2D eigenvalue weighted by atomic mass is 9.82. The van der Waals surface area contributed by atoms with Crippen LogP contribution in [-0.2, 0) is 6.42 Å². The predicted octanol–water partition coefficient (Wildman–Crippen LogP) is 4.00. The molecular weight excluding hydrogens is 358 g/mol. The Kier molecular flexibility index (Phi) is 3.62. The first-order valence-electron chi connectivity index (χ1n) is 8.88. The van der Waals surface area contributed by atoms with Crippen LogP contribution in [0, 0.1) is 6.92 Å². The maximum Gasteiger partial charge on any atom is 0.281 e. The van der Waals surface area contributed by atoms with Crippen LogP contribution in [0.3, 0.4) is 0 Å². The first kappa shape index (κ1) is 16.2. The van der Waals surface area contributed by atoms with Gasteiger partial charge in [-0.3, -0.25) is 14.7 Å². The number of carbonyl (C=O) groups excluding carboxylic acids is 1. The van der Waals surface area contributed by atoms with E-state index in [1.807, 2.05) is 42.6 Å². The van der Waals surface area contributed by atoms with Crippen molar-refractivity contribution in [1.29, 1.82) is 0 Å². The van der Waals surface area contributed by atoms with E-state index in [1.54, 1.807) is 17.5 Å². The van der Waals surface area contributed by atoms with Gasteiger partial charge in [0.25, 0.3) is 5.56 Å². The normalized spacial score (nSPS) is 16.6. The molecule has 1 N–H and O–H groups in total. The number of pyridine rings is 1. The molecule has 3 aromatic heterocycles. The Labute approximate surface area is 159 Å². The second kappa shape index (κ2) is 6.03. The molecule has 27 heavy (non-hydrogen) atoms. The van der Waals surface area contributed by atoms with Gasteiger partial charge in [0.15, 0.2) is 11.4 Å². The minimum absolute atomic E-state index is 0.0618. The van der Waals surface area contributed by atoms with Gasteiger partial charge in [-0.2, -0.15) is 0 Å². The Balaban J connectivity index is 1.71. The summed E-state index contributed by atoms with van der Waals surface area (Å²) < 4.78 is 1.52. The van der Waals surface area contributed by atoms with E-state index in [2.05, 4.69) is 16.1 Å². The average Bonchev–Trinajstić information content (AvgIpc) is 3.30. The lowest BCUT2D eigenvalue weighted by molar-refractivity contribution is 0.0965. The molecule has 5 nitrogen and oxygen atoms in total. The van der Waals surface area contributed by atoms with Crippen molar-refractivity contribution in [2.45, 2.75) is 25.7 Å². The minimum atomic E-state index is -0.153. The number of nitrogens with zero attached hydrogens (tertiary/aromatic N) is 2. The van der Waals surface area contributed by atoms with E-state index < -0.39 is 0 Å². The highest BCUT2D eigenvalue weighted by molar-refractivity contribution is 7.10. The Morgan fingerprint density at radius 3 is 2.85 bits per heavy atom. The number of nitrogens with one attached hydrogen (secondary N) is 1. The van der Waals surface area contributed by atoms with E-state index in [-0.39, 0.29) is 17.3 Å². The Bertz CT molecular complexity index is 1230. The zero-order valence-electron chi connectivity index (χ0n) is 14.7. The molecule has 0 bridgehead atoms. The summed E-state index contributed by atoms with van der Waals surface area (Å²) in [5.41, 5.74) is 3.62. The van der Waals surface area contributed by atoms with Crippen molar-refractivity contribution in [3.63, 3.8) is 0 Å². The second-order valence-electron chi connectivity index (χ2n) is 7.01. The van der Waals surface area contributed by atoms with Crippen molar-refractivity contribution in [3.05, 3.63) is 79.9 Å². The number of carbonyl (C=O) groups is 1. The Morgan fingerprint density at radius 1 is 1.19 bits per heavy atom. The van der Waals surface area contributed by atoms with Gasteiger partial charge in [0, 0.05) is 29.0 Å². The number of hydrogen-bond donors (Lipinski definition) is 1. The maximum atomic E-state index is 13.2. The highest BCUT2D eigenvalue weighted by atomic mass is 32.1. The number of aryl methyl sites for hydroxylation is 1. The molecule has 0 fully saturated rings. The van der Waals surface area contributed by atoms with E-state index in [9.17, 15) is 9.59 Å². The van der Waals surface area contributed by atoms with Crippen molar-refractivity contribution in [1.82, 2.24) is 14.8 Å². The summed E-state index contributed by atoms with van der Waals surface area (Å²) in [4.78, 5) is 31.5. The van der Waals surface area contributed by atoms with Crippen LogP contribution < -0.4 is 5.56 Å². The van der Waals surface area contributed by atoms with Crippen LogP contribution >= 0.6 is 11.3 Å². The molecule has 0 saturated heterocycles. The third-order valence-electron chi connectivity index (χ3n) is 5.21. The molecule has 134 valence electrons. The van der Waals surface area contributed by atoms with Gasteiger partial charge >= 0.3 is 0 Å². The zero-order valence-corrected chi connectivity index (χ0v) is 15.5. The van der Waals surface area contributed by atoms with Crippen molar-refractivity contribution in [2.75, 3.05) is 0 Å². The van der Waals surface area contributed by atoms with E-state index in [0.29, 0.717) is 29.4 Å². The fourth-order valence-electron chi connectivity index (χ4n) is 3.91. The highest BCUT2D eigenvalue weighted by Gasteiger charge is 2.30. The largest absolute Gasteiger partial charge is 0.294 e. The van der Waals surface area contributed by atoms with Gasteiger partial charge < -0.3 is 0 Å². The van der Waals surface area contributed by atoms with Crippen LogP contribution in [0.25, 0.3) is 16.7 Å². The van der Waals surface area contributed by atoms with E-state index >= 15 is 0 Å². The quantitative estimate of drug-likeness (QED) is 0.576. The lowest BCUT2D eigenvalue weighted by Gasteiger charge is -2.22. The van der Waals surface area contributed by atoms with Crippen molar-refractivity contribution < 1.29 is 4.79 Å². The monoisotopic (exact) mass is 375 g/mol. The summed E-state index contributed by atoms with van der Waals surface area (Å²) in [6, 6.07) is 11.8. The number of ketones is 1. The topological polar surface area (TPSA) is 67.8 Å². The summed E-state index contributed by atoms with van der Waals surface area (Å²) in [6.07, 6.45) is 2.76. The molecule has 4 aromatic rings. The first-order chi connectivity index (χ1) is 13.1. The zero-order chi connectivity index (χ0) is 18.5. The molecule has 0 unspecified atom stereocenters. The second-order valence-corrected chi connectivity index (χ2v) is 7.99. The molecule has 6 heteroatoms. The number of aromatic amines is 1. The van der Waals surface area contributed by atoms with Crippen LogP contribution in [0.5, 0.6) is 0 Å². The number of fused-ring (bicyclic) bond motifs is 3. The van der Waals surface area contributed by atoms with Gasteiger partial charge in [0.2, 0.25) is 0 Å². The molecule has 0 spiro atoms. The van der Waals surface area contributed by atoms with Crippen LogP contribution in [-0.4, -0.2) is 20.5 Å². The fourth-order valence-corrected chi connectivity index (χ4v) is 4.74. The van der Waals surface area contributed by atoms with E-state index in [4.69, 9.17) is 0 Å². The summed E-state index contributed by atoms with van der Waals surface area (Å²) in [5.74, 6) is 0.184. The number of aromatic nitrogens is 3. The van der Waals surface area contributed by atoms with Gasteiger partial charge in [0.1, 0.15) is 0 Å². The summed E-state index contributed by atoms with van der Waals surface area (Å²) in [7, 11) is 0. The Morgan fingerprint density at radius 2 is 2.07 bits per heavy atom. The van der Waals surface area contributed by atoms with Crippen LogP contribution in [0.4, 0.5) is 0 Å². The third kappa shape index (κ3) is 2.56. The van der Waals surface area contributed by atoms with E-state index in [0.717, 1.165) is 16.8 Å². The highest BCUT2D eigenvalue weighted by Crippen LogP contribution is 2.36. The number of hydrogen-bond acceptors (Lipinski definition) is 4. The smallest absolute Gasteiger partial charge is 0.281 e. The molecule has 3 heterocycles. The first-order valence-corrected chi connectivity index (χ1v) is 9.76. The average molecular weight is 375 g/mol. The van der Waals surface area contributed by atoms with Crippen LogP contribution in [0.2, 0.25) is 0 Å². The fraction of sp³-hybridized carbons (Fsp3) is 0.190. The van der Waals surface area contributed by atoms with Crippen LogP contribution in [0.15, 0.2) is 52.8 Å². The van der Waals surface area contributed by atoms with Gasteiger partial charge in [-0.05, 0) is 48.1 Å². The molecule has 0 amide bonds. The van der Waals surface area contributed by atoms with Gasteiger partial charge in [-0.1, -0.05) is 18.2 Å². The molecule has 5 rings (SSSR count). The summed E-state index contributed by atoms with van der Waals surface area (Å²) >= 11 is 1.66. The maximum absolute atomic E-state index is 13.2. The molecule has 1 atom stereocenters. The number of H-pyrrole nitrogens is 1. The van der Waals surface area contributed by atoms with Gasteiger partial charge in [-0.25, -0.2) is 9.67 Å². The molecular formula is C21H17N3O2S. The number of thiophene rings is 1. The molecule has 1 aromatic carbocycles. The standard InChI is InChI=1S/C21H17N3O2S/c1-12-4-2-5-14(8-12)24-21(26)19-15-9-13(18-6-3-7-27-18)10-17(25)16(15)11-22-20(19)23-24/h2-8,11,13H,9-10H2,1H3,(H,22,23)/t13-/m1/s1. The number of Topliss-reactive ketones (excluding diaryl/α,β-unsaturated/α-hetero) is 1. The number of benzene rings is 1. The predicted molar refractivity (Wildman–Crippen MR) is 106 cm³/mol. The molecule has 0 radical (unpaired) electrons. The Hall–Kier alpha value is -2.99. The van der Waals surface area contributed by atoms with E-state index in [1.165, 1.54) is 9.56 Å². The number of rotatable bonds is 2. The summed E-state index contributed by atoms with van der Waals surface area (Å²) in [6.45, 7) is 1.99. The molecule has 0 saturated carbocycles. The minimum Gasteiger partial charge on any atom is -0.294 e. The lowest BCUT2D eigenvalue weighted by Crippen LogP contribution is -2.21. The third-order valence-corrected chi connectivity index (χ3v) is 6.24. The van der Waals surface area contributed by atoms with Gasteiger partial charge in [0.05, 0.1) is 11.1 Å².